The molecule has 1 N–H and O–H groups in total. The predicted molar refractivity (Wildman–Crippen MR) is 174 cm³/mol. The molecular weight excluding hydrogens is 617 g/mol. The van der Waals surface area contributed by atoms with Gasteiger partial charge in [-0.1, -0.05) is 79.3 Å². The number of hydrogen-bond donors (Lipinski definition) is 1. The fourth-order valence-electron chi connectivity index (χ4n) is 4.91. The van der Waals surface area contributed by atoms with Crippen molar-refractivity contribution in [3.05, 3.63) is 86.6 Å². The highest BCUT2D eigenvalue weighted by atomic mass is 32.2. The first-order valence-corrected chi connectivity index (χ1v) is 17.1. The lowest BCUT2D eigenvalue weighted by molar-refractivity contribution is -0.117. The zero-order chi connectivity index (χ0) is 31.2. The van der Waals surface area contributed by atoms with Crippen LogP contribution in [-0.4, -0.2) is 45.2 Å². The van der Waals surface area contributed by atoms with Gasteiger partial charge >= 0.3 is 0 Å². The van der Waals surface area contributed by atoms with E-state index in [9.17, 15) is 14.7 Å². The van der Waals surface area contributed by atoms with E-state index in [2.05, 4.69) is 22.1 Å². The van der Waals surface area contributed by atoms with Crippen molar-refractivity contribution < 1.29 is 24.2 Å². The third kappa shape index (κ3) is 6.82. The number of ether oxygens (including phenoxy) is 2. The number of aliphatic hydroxyl groups is 1. The van der Waals surface area contributed by atoms with Crippen LogP contribution in [0.15, 0.2) is 64.2 Å². The van der Waals surface area contributed by atoms with E-state index in [1.165, 1.54) is 39.3 Å². The Bertz CT molecular complexity index is 1670. The van der Waals surface area contributed by atoms with E-state index in [-0.39, 0.29) is 10.7 Å². The van der Waals surface area contributed by atoms with E-state index < -0.39 is 23.5 Å². The topological polar surface area (TPSA) is 115 Å². The minimum absolute atomic E-state index is 0.0329. The molecule has 0 bridgehead atoms. The van der Waals surface area contributed by atoms with Crippen molar-refractivity contribution in [3.63, 3.8) is 0 Å². The first kappa shape index (κ1) is 31.7. The number of Topliss-reactive ketones (excluding diaryl/α,β-unsaturated/α-hetero) is 1. The maximum atomic E-state index is 14.0. The molecule has 2 aromatic heterocycles. The summed E-state index contributed by atoms with van der Waals surface area (Å²) >= 11 is 3.97. The average Bonchev–Trinajstić information content (AvgIpc) is 3.70. The van der Waals surface area contributed by atoms with Crippen molar-refractivity contribution in [2.45, 2.75) is 63.1 Å². The maximum absolute atomic E-state index is 14.0. The highest BCUT2D eigenvalue weighted by Gasteiger charge is 2.47. The molecule has 0 radical (unpaired) electrons. The number of aliphatic hydroxyl groups excluding tert-OH is 1. The summed E-state index contributed by atoms with van der Waals surface area (Å²) in [7, 11) is 0. The first-order chi connectivity index (χ1) is 21.3. The van der Waals surface area contributed by atoms with Gasteiger partial charge < -0.3 is 14.6 Å². The van der Waals surface area contributed by atoms with Crippen LogP contribution in [0.5, 0.6) is 11.5 Å². The number of anilines is 1. The second-order valence-electron chi connectivity index (χ2n) is 10.1. The molecule has 0 spiro atoms. The number of nitrogens with zero attached hydrogens (tertiary/aromatic N) is 4. The van der Waals surface area contributed by atoms with Crippen LogP contribution < -0.4 is 14.4 Å². The Kier molecular flexibility index (Phi) is 10.3. The molecule has 5 rings (SSSR count). The molecule has 1 atom stereocenters. The van der Waals surface area contributed by atoms with E-state index in [4.69, 9.17) is 9.47 Å². The van der Waals surface area contributed by atoms with Crippen molar-refractivity contribution >= 4 is 51.3 Å². The summed E-state index contributed by atoms with van der Waals surface area (Å²) in [4.78, 5) is 33.9. The monoisotopic (exact) mass is 650 g/mol. The van der Waals surface area contributed by atoms with Crippen LogP contribution in [0.1, 0.15) is 70.7 Å². The van der Waals surface area contributed by atoms with Gasteiger partial charge in [0, 0.05) is 5.75 Å². The van der Waals surface area contributed by atoms with Crippen molar-refractivity contribution in [2.24, 2.45) is 0 Å². The van der Waals surface area contributed by atoms with E-state index in [0.29, 0.717) is 50.9 Å². The number of carbonyl (C=O) groups excluding carboxylic acids is 2. The average molecular weight is 651 g/mol. The molecule has 2 aromatic carbocycles. The minimum Gasteiger partial charge on any atom is -0.503 e. The van der Waals surface area contributed by atoms with Crippen LogP contribution in [0.2, 0.25) is 0 Å². The number of thioether (sulfide) groups is 1. The number of rotatable bonds is 14. The quantitative estimate of drug-likeness (QED) is 0.0636. The van der Waals surface area contributed by atoms with Crippen LogP contribution in [-0.2, 0) is 10.5 Å². The smallest absolute Gasteiger partial charge is 0.296 e. The van der Waals surface area contributed by atoms with Crippen molar-refractivity contribution in [2.75, 3.05) is 18.1 Å². The van der Waals surface area contributed by atoms with E-state index >= 15 is 0 Å². The number of unbranched alkanes of at least 4 members (excludes halogenated alkanes) is 2. The van der Waals surface area contributed by atoms with E-state index in [0.717, 1.165) is 29.8 Å². The van der Waals surface area contributed by atoms with Gasteiger partial charge in [-0.05, 0) is 50.5 Å². The van der Waals surface area contributed by atoms with Crippen molar-refractivity contribution in [3.8, 4) is 11.5 Å². The normalized spacial score (nSPS) is 14.9. The summed E-state index contributed by atoms with van der Waals surface area (Å²) in [6.45, 7) is 8.52. The lowest BCUT2D eigenvalue weighted by Gasteiger charge is -2.25. The zero-order valence-corrected chi connectivity index (χ0v) is 27.5. The summed E-state index contributed by atoms with van der Waals surface area (Å²) in [5.74, 6) is -0.0293. The van der Waals surface area contributed by atoms with Gasteiger partial charge in [0.15, 0.2) is 21.6 Å². The molecule has 1 amide bonds. The number of thiazole rings is 1. The van der Waals surface area contributed by atoms with E-state index in [1.54, 1.807) is 25.1 Å². The number of aromatic nitrogens is 3. The summed E-state index contributed by atoms with van der Waals surface area (Å²) < 4.78 is 12.6. The standard InChI is InChI=1S/C32H34N4O5S3/c1-5-7-11-16-41-23-15-14-22(17-24(23)40-6-2)26-25(27(37)29-19(3)33-20(4)43-29)28(38)30(39)36(26)31-34-35-32(44-31)42-18-21-12-9-8-10-13-21/h8-10,12-15,17,26,38H,5-7,11,16,18H2,1-4H3. The zero-order valence-electron chi connectivity index (χ0n) is 25.0. The number of benzene rings is 2. The third-order valence-corrected chi connectivity index (χ3v) is 10.2. The molecule has 9 nitrogen and oxygen atoms in total. The summed E-state index contributed by atoms with van der Waals surface area (Å²) in [5.41, 5.74) is 2.22. The highest BCUT2D eigenvalue weighted by molar-refractivity contribution is 8.00. The van der Waals surface area contributed by atoms with E-state index in [1.807, 2.05) is 44.2 Å². The third-order valence-electron chi connectivity index (χ3n) is 6.96. The molecule has 3 heterocycles. The van der Waals surface area contributed by atoms with Crippen LogP contribution in [0, 0.1) is 13.8 Å². The van der Waals surface area contributed by atoms with Gasteiger partial charge in [0.1, 0.15) is 0 Å². The molecule has 1 aliphatic heterocycles. The van der Waals surface area contributed by atoms with Gasteiger partial charge in [-0.2, -0.15) is 0 Å². The van der Waals surface area contributed by atoms with Crippen molar-refractivity contribution in [1.29, 1.82) is 0 Å². The predicted octanol–water partition coefficient (Wildman–Crippen LogP) is 7.65. The van der Waals surface area contributed by atoms with Gasteiger partial charge in [-0.3, -0.25) is 14.5 Å². The van der Waals surface area contributed by atoms with Crippen LogP contribution in [0.3, 0.4) is 0 Å². The molecule has 0 saturated heterocycles. The Hall–Kier alpha value is -3.74. The van der Waals surface area contributed by atoms with Gasteiger partial charge in [0.05, 0.1) is 40.4 Å². The Balaban J connectivity index is 1.53. The molecule has 1 aliphatic rings. The fourth-order valence-corrected chi connectivity index (χ4v) is 7.61. The first-order valence-electron chi connectivity index (χ1n) is 14.5. The van der Waals surface area contributed by atoms with Crippen molar-refractivity contribution in [1.82, 2.24) is 15.2 Å². The Morgan fingerprint density at radius 2 is 1.82 bits per heavy atom. The molecule has 4 aromatic rings. The van der Waals surface area contributed by atoms with Gasteiger partial charge in [-0.15, -0.1) is 21.5 Å². The number of aryl methyl sites for hydroxylation is 2. The molecule has 230 valence electrons. The van der Waals surface area contributed by atoms with Crippen LogP contribution in [0.4, 0.5) is 5.13 Å². The minimum atomic E-state index is -0.968. The lowest BCUT2D eigenvalue weighted by Crippen LogP contribution is -2.31. The number of hydrogen-bond acceptors (Lipinski definition) is 11. The Labute approximate surface area is 269 Å². The number of carbonyl (C=O) groups is 2. The second kappa shape index (κ2) is 14.4. The molecule has 44 heavy (non-hydrogen) atoms. The second-order valence-corrected chi connectivity index (χ2v) is 13.5. The fraction of sp³-hybridized carbons (Fsp3) is 0.344. The highest BCUT2D eigenvalue weighted by Crippen LogP contribution is 2.46. The SMILES string of the molecule is CCCCCOc1ccc(C2C(C(=O)c3sc(C)nc3C)=C(O)C(=O)N2c2nnc(SCc3ccccc3)s2)cc1OCC. The van der Waals surface area contributed by atoms with Gasteiger partial charge in [-0.25, -0.2) is 4.98 Å². The summed E-state index contributed by atoms with van der Waals surface area (Å²) in [5, 5.41) is 20.9. The largest absolute Gasteiger partial charge is 0.503 e. The van der Waals surface area contributed by atoms with Gasteiger partial charge in [0.25, 0.3) is 5.91 Å². The van der Waals surface area contributed by atoms with Crippen LogP contribution in [0.25, 0.3) is 0 Å². The molecule has 0 saturated carbocycles. The lowest BCUT2D eigenvalue weighted by atomic mass is 9.95. The molecule has 1 unspecified atom stereocenters. The summed E-state index contributed by atoms with van der Waals surface area (Å²) in [6.07, 6.45) is 3.05. The Morgan fingerprint density at radius 3 is 2.52 bits per heavy atom. The summed E-state index contributed by atoms with van der Waals surface area (Å²) in [6, 6.07) is 14.4. The number of amides is 1. The Morgan fingerprint density at radius 1 is 1.02 bits per heavy atom. The molecule has 0 fully saturated rings. The molecule has 12 heteroatoms. The van der Waals surface area contributed by atoms with Crippen LogP contribution >= 0.6 is 34.4 Å². The maximum Gasteiger partial charge on any atom is 0.296 e. The molecule has 0 aliphatic carbocycles. The molecular formula is C32H34N4O5S3. The van der Waals surface area contributed by atoms with Gasteiger partial charge in [0.2, 0.25) is 10.9 Å². The number of ketones is 1.